The molecule has 3 heterocycles. The van der Waals surface area contributed by atoms with Crippen LogP contribution in [0.4, 0.5) is 0 Å². The summed E-state index contributed by atoms with van der Waals surface area (Å²) in [6, 6.07) is 47.5. The number of carboxylic acid groups (broad SMARTS) is 6. The first kappa shape index (κ1) is 61.8. The molecule has 23 heteroatoms. The first-order valence-corrected chi connectivity index (χ1v) is 27.9. The van der Waals surface area contributed by atoms with Gasteiger partial charge in [0.1, 0.15) is 0 Å². The van der Waals surface area contributed by atoms with Crippen molar-refractivity contribution in [2.75, 3.05) is 17.3 Å². The van der Waals surface area contributed by atoms with Crippen molar-refractivity contribution >= 4 is 170 Å². The Morgan fingerprint density at radius 2 is 0.558 bits per heavy atom. The number of nitrogens with zero attached hydrogens (tertiary/aromatic N) is 3. The predicted molar refractivity (Wildman–Crippen MR) is 291 cm³/mol. The van der Waals surface area contributed by atoms with Gasteiger partial charge in [-0.05, 0) is 53.1 Å². The van der Waals surface area contributed by atoms with Crippen LogP contribution in [0.3, 0.4) is 0 Å². The standard InChI is InChI=1S/3C18H15NO4S2.2Al/c3*20-16(21)12(15(17(22)23)11-6-2-1-3-7-11)10-24-18-19-13-8-4-5-9-14(13)25-18;;/h3*1-9,12,15H,10H2,(H,20,21)(H,22,23);;/q;;;2*+3/p-6. The van der Waals surface area contributed by atoms with Gasteiger partial charge in [-0.2, -0.15) is 0 Å². The molecular formula is C54H39Al2N3O12S6. The number of carbonyl (C=O) groups is 6. The van der Waals surface area contributed by atoms with Crippen molar-refractivity contribution in [3.63, 3.8) is 0 Å². The fraction of sp³-hybridized carbons (Fsp3) is 0.167. The molecule has 0 bridgehead atoms. The van der Waals surface area contributed by atoms with E-state index in [0.717, 1.165) is 30.6 Å². The molecule has 6 aromatic carbocycles. The molecule has 0 aliphatic heterocycles. The molecule has 0 saturated heterocycles. The molecule has 0 N–H and O–H groups in total. The van der Waals surface area contributed by atoms with E-state index in [4.69, 9.17) is 0 Å². The van der Waals surface area contributed by atoms with Gasteiger partial charge in [0, 0.05) is 88.6 Å². The molecule has 77 heavy (non-hydrogen) atoms. The van der Waals surface area contributed by atoms with Crippen molar-refractivity contribution in [1.82, 2.24) is 15.0 Å². The Bertz CT molecular complexity index is 2950. The minimum atomic E-state index is -1.43. The zero-order valence-corrected chi connectivity index (χ0v) is 47.2. The molecule has 6 unspecified atom stereocenters. The number of para-hydroxylation sites is 3. The van der Waals surface area contributed by atoms with Crippen molar-refractivity contribution in [2.45, 2.75) is 30.8 Å². The van der Waals surface area contributed by atoms with E-state index in [-0.39, 0.29) is 52.0 Å². The summed E-state index contributed by atoms with van der Waals surface area (Å²) < 4.78 is 5.06. The number of fused-ring (bicyclic) bond motifs is 3. The maximum Gasteiger partial charge on any atom is 3.00 e. The Morgan fingerprint density at radius 3 is 0.766 bits per heavy atom. The number of thioether (sulfide) groups is 3. The summed E-state index contributed by atoms with van der Waals surface area (Å²) in [5, 5.41) is 69.5. The first-order valence-electron chi connectivity index (χ1n) is 22.5. The molecule has 0 amide bonds. The van der Waals surface area contributed by atoms with Gasteiger partial charge < -0.3 is 59.4 Å². The number of aromatic nitrogens is 3. The minimum Gasteiger partial charge on any atom is -0.550 e. The Labute approximate surface area is 487 Å². The summed E-state index contributed by atoms with van der Waals surface area (Å²) >= 11 is 7.98. The number of hydrogen-bond donors (Lipinski definition) is 0. The van der Waals surface area contributed by atoms with Gasteiger partial charge in [-0.25, -0.2) is 15.0 Å². The molecule has 384 valence electrons. The Morgan fingerprint density at radius 1 is 0.338 bits per heavy atom. The largest absolute Gasteiger partial charge is 3.00 e. The van der Waals surface area contributed by atoms with Crippen LogP contribution in [0.2, 0.25) is 0 Å². The van der Waals surface area contributed by atoms with Gasteiger partial charge in [0.25, 0.3) is 0 Å². The smallest absolute Gasteiger partial charge is 0.550 e. The summed E-state index contributed by atoms with van der Waals surface area (Å²) in [7, 11) is 0. The van der Waals surface area contributed by atoms with Crippen LogP contribution >= 0.6 is 69.3 Å². The number of benzene rings is 6. The van der Waals surface area contributed by atoms with Crippen LogP contribution in [0.5, 0.6) is 0 Å². The van der Waals surface area contributed by atoms with Gasteiger partial charge in [-0.3, -0.25) is 0 Å². The molecule has 0 radical (unpaired) electrons. The van der Waals surface area contributed by atoms with Crippen LogP contribution < -0.4 is 30.6 Å². The first-order chi connectivity index (χ1) is 36.2. The molecule has 9 aromatic rings. The molecular weight excluding hydrogens is 1130 g/mol. The zero-order chi connectivity index (χ0) is 53.4. The van der Waals surface area contributed by atoms with Crippen LogP contribution in [0.25, 0.3) is 30.6 Å². The van der Waals surface area contributed by atoms with Gasteiger partial charge in [-0.15, -0.1) is 34.0 Å². The van der Waals surface area contributed by atoms with E-state index in [9.17, 15) is 59.4 Å². The molecule has 6 atom stereocenters. The van der Waals surface area contributed by atoms with Gasteiger partial charge in [0.05, 0.1) is 30.6 Å². The van der Waals surface area contributed by atoms with E-state index in [0.29, 0.717) is 29.7 Å². The minimum absolute atomic E-state index is 0. The summed E-state index contributed by atoms with van der Waals surface area (Å²) in [5.74, 6) is -15.9. The van der Waals surface area contributed by atoms with Crippen LogP contribution in [0.15, 0.2) is 177 Å². The normalized spacial score (nSPS) is 13.1. The Hall–Kier alpha value is -6.08. The number of carbonyl (C=O) groups excluding carboxylic acids is 6. The maximum atomic E-state index is 11.6. The summed E-state index contributed by atoms with van der Waals surface area (Å²) in [5.41, 5.74) is 3.67. The van der Waals surface area contributed by atoms with Crippen LogP contribution in [0, 0.1) is 17.8 Å². The third-order valence-corrected chi connectivity index (χ3v) is 18.2. The summed E-state index contributed by atoms with van der Waals surface area (Å²) in [6.07, 6.45) is 0. The second-order valence-corrected chi connectivity index (χ2v) is 23.1. The number of thiazole rings is 3. The van der Waals surface area contributed by atoms with Crippen molar-refractivity contribution in [3.8, 4) is 0 Å². The second kappa shape index (κ2) is 30.2. The van der Waals surface area contributed by atoms with E-state index in [1.165, 1.54) is 69.3 Å². The van der Waals surface area contributed by atoms with E-state index in [1.807, 2.05) is 72.8 Å². The Balaban J connectivity index is 0.000000210. The molecule has 15 nitrogen and oxygen atoms in total. The monoisotopic (exact) mass is 1170 g/mol. The SMILES string of the molecule is O=C([O-])C(CSc1nc2ccccc2s1)C(C(=O)[O-])c1ccccc1.O=C([O-])C(CSc1nc2ccccc2s1)C(C(=O)[O-])c1ccccc1.O=C([O-])C(CSc1nc2ccccc2s1)C(C(=O)[O-])c1ccccc1.[Al+3].[Al+3]. The summed E-state index contributed by atoms with van der Waals surface area (Å²) in [6.45, 7) is 0. The third-order valence-electron chi connectivity index (χ3n) is 11.3. The average Bonchev–Trinajstić information content (AvgIpc) is 4.15. The topological polar surface area (TPSA) is 279 Å². The van der Waals surface area contributed by atoms with Crippen LogP contribution in [0.1, 0.15) is 34.4 Å². The molecule has 3 aromatic heterocycles. The molecule has 0 saturated carbocycles. The maximum absolute atomic E-state index is 11.6. The van der Waals surface area contributed by atoms with E-state index >= 15 is 0 Å². The molecule has 0 aliphatic rings. The molecule has 0 aliphatic carbocycles. The van der Waals surface area contributed by atoms with E-state index in [2.05, 4.69) is 15.0 Å². The van der Waals surface area contributed by atoms with Gasteiger partial charge in [0.2, 0.25) is 0 Å². The van der Waals surface area contributed by atoms with Crippen molar-refractivity contribution in [1.29, 1.82) is 0 Å². The predicted octanol–water partition coefficient (Wildman–Crippen LogP) is 3.10. The van der Waals surface area contributed by atoms with E-state index < -0.39 is 71.3 Å². The zero-order valence-electron chi connectivity index (χ0n) is 40.0. The quantitative estimate of drug-likeness (QED) is 0.0738. The van der Waals surface area contributed by atoms with Crippen LogP contribution in [-0.4, -0.2) is 103 Å². The van der Waals surface area contributed by atoms with Crippen molar-refractivity contribution in [2.24, 2.45) is 17.8 Å². The third kappa shape index (κ3) is 17.0. The molecule has 0 fully saturated rings. The fourth-order valence-electron chi connectivity index (χ4n) is 7.70. The Kier molecular flexibility index (Phi) is 24.2. The second-order valence-electron chi connectivity index (χ2n) is 16.2. The fourth-order valence-corrected chi connectivity index (χ4v) is 14.4. The molecule has 0 spiro atoms. The number of carboxylic acids is 6. The van der Waals surface area contributed by atoms with Gasteiger partial charge >= 0.3 is 34.7 Å². The van der Waals surface area contributed by atoms with Crippen molar-refractivity contribution in [3.05, 3.63) is 180 Å². The van der Waals surface area contributed by atoms with Gasteiger partial charge in [-0.1, -0.05) is 163 Å². The number of rotatable bonds is 21. The van der Waals surface area contributed by atoms with Gasteiger partial charge in [0.15, 0.2) is 13.0 Å². The average molecular weight is 1170 g/mol. The summed E-state index contributed by atoms with van der Waals surface area (Å²) in [4.78, 5) is 82.7. The van der Waals surface area contributed by atoms with E-state index in [1.54, 1.807) is 91.0 Å². The van der Waals surface area contributed by atoms with Crippen molar-refractivity contribution < 1.29 is 59.4 Å². The molecule has 9 rings (SSSR count). The number of hydrogen-bond acceptors (Lipinski definition) is 21. The van der Waals surface area contributed by atoms with Crippen LogP contribution in [-0.2, 0) is 28.8 Å². The number of aliphatic carboxylic acids is 6.